The molecular formula is C13H20N2O5S. The topological polar surface area (TPSA) is 99.9 Å². The second kappa shape index (κ2) is 6.17. The van der Waals surface area contributed by atoms with Gasteiger partial charge in [0, 0.05) is 13.1 Å². The Bertz CT molecular complexity index is 610. The van der Waals surface area contributed by atoms with Crippen molar-refractivity contribution < 1.29 is 22.7 Å². The SMILES string of the molecule is Cc1ccc(C(C)NS(=O)(=O)N2CCCC(C(=O)O)C2)o1. The Kier molecular flexibility index (Phi) is 4.70. The van der Waals surface area contributed by atoms with Crippen LogP contribution in [0.2, 0.25) is 0 Å². The maximum Gasteiger partial charge on any atom is 0.307 e. The Morgan fingerprint density at radius 1 is 1.52 bits per heavy atom. The van der Waals surface area contributed by atoms with E-state index in [4.69, 9.17) is 9.52 Å². The van der Waals surface area contributed by atoms with E-state index < -0.39 is 28.1 Å². The van der Waals surface area contributed by atoms with Crippen LogP contribution in [0.15, 0.2) is 16.5 Å². The van der Waals surface area contributed by atoms with E-state index in [1.54, 1.807) is 26.0 Å². The molecule has 0 radical (unpaired) electrons. The van der Waals surface area contributed by atoms with Gasteiger partial charge in [-0.25, -0.2) is 0 Å². The molecule has 0 saturated carbocycles. The van der Waals surface area contributed by atoms with Crippen molar-refractivity contribution in [3.63, 3.8) is 0 Å². The van der Waals surface area contributed by atoms with Gasteiger partial charge in [-0.05, 0) is 38.8 Å². The highest BCUT2D eigenvalue weighted by molar-refractivity contribution is 7.87. The second-order valence-electron chi connectivity index (χ2n) is 5.33. The molecule has 2 unspecified atom stereocenters. The van der Waals surface area contributed by atoms with Crippen molar-refractivity contribution in [2.45, 2.75) is 32.7 Å². The van der Waals surface area contributed by atoms with Crippen LogP contribution < -0.4 is 4.72 Å². The lowest BCUT2D eigenvalue weighted by Gasteiger charge is -2.30. The lowest BCUT2D eigenvalue weighted by atomic mass is 10.0. The number of carboxylic acid groups (broad SMARTS) is 1. The lowest BCUT2D eigenvalue weighted by Crippen LogP contribution is -2.47. The molecule has 1 aromatic heterocycles. The first kappa shape index (κ1) is 16.0. The fourth-order valence-corrected chi connectivity index (χ4v) is 3.86. The molecule has 1 fully saturated rings. The van der Waals surface area contributed by atoms with E-state index in [9.17, 15) is 13.2 Å². The summed E-state index contributed by atoms with van der Waals surface area (Å²) in [6.45, 7) is 3.82. The number of hydrogen-bond acceptors (Lipinski definition) is 4. The Morgan fingerprint density at radius 2 is 2.24 bits per heavy atom. The third-order valence-electron chi connectivity index (χ3n) is 3.59. The van der Waals surface area contributed by atoms with Gasteiger partial charge in [0.2, 0.25) is 0 Å². The molecule has 118 valence electrons. The van der Waals surface area contributed by atoms with Crippen LogP contribution in [0.3, 0.4) is 0 Å². The summed E-state index contributed by atoms with van der Waals surface area (Å²) < 4.78 is 33.8. The van der Waals surface area contributed by atoms with Gasteiger partial charge in [-0.2, -0.15) is 17.4 Å². The molecule has 7 nitrogen and oxygen atoms in total. The van der Waals surface area contributed by atoms with E-state index in [2.05, 4.69) is 4.72 Å². The average molecular weight is 316 g/mol. The van der Waals surface area contributed by atoms with Crippen molar-refractivity contribution in [2.75, 3.05) is 13.1 Å². The number of aliphatic carboxylic acids is 1. The Hall–Kier alpha value is -1.38. The molecule has 1 aliphatic rings. The van der Waals surface area contributed by atoms with E-state index >= 15 is 0 Å². The molecule has 2 atom stereocenters. The van der Waals surface area contributed by atoms with Gasteiger partial charge in [0.05, 0.1) is 12.0 Å². The van der Waals surface area contributed by atoms with Gasteiger partial charge in [0.1, 0.15) is 11.5 Å². The van der Waals surface area contributed by atoms with Crippen LogP contribution in [-0.2, 0) is 15.0 Å². The van der Waals surface area contributed by atoms with Gasteiger partial charge >= 0.3 is 5.97 Å². The summed E-state index contributed by atoms with van der Waals surface area (Å²) in [4.78, 5) is 11.0. The normalized spacial score (nSPS) is 22.1. The minimum Gasteiger partial charge on any atom is -0.481 e. The summed E-state index contributed by atoms with van der Waals surface area (Å²) >= 11 is 0. The predicted molar refractivity (Wildman–Crippen MR) is 75.8 cm³/mol. The average Bonchev–Trinajstić information content (AvgIpc) is 2.85. The first-order chi connectivity index (χ1) is 9.79. The zero-order chi connectivity index (χ0) is 15.6. The number of rotatable bonds is 5. The van der Waals surface area contributed by atoms with Gasteiger partial charge in [0.15, 0.2) is 0 Å². The minimum absolute atomic E-state index is 0.00850. The maximum absolute atomic E-state index is 12.3. The van der Waals surface area contributed by atoms with Gasteiger partial charge < -0.3 is 9.52 Å². The molecule has 0 aliphatic carbocycles. The summed E-state index contributed by atoms with van der Waals surface area (Å²) in [5.74, 6) is -0.357. The number of aryl methyl sites for hydroxylation is 1. The lowest BCUT2D eigenvalue weighted by molar-refractivity contribution is -0.142. The first-order valence-electron chi connectivity index (χ1n) is 6.86. The first-order valence-corrected chi connectivity index (χ1v) is 8.30. The Morgan fingerprint density at radius 3 is 2.81 bits per heavy atom. The number of nitrogens with one attached hydrogen (secondary N) is 1. The maximum atomic E-state index is 12.3. The monoisotopic (exact) mass is 316 g/mol. The van der Waals surface area contributed by atoms with Gasteiger partial charge in [0.25, 0.3) is 10.2 Å². The Labute approximate surface area is 124 Å². The zero-order valence-corrected chi connectivity index (χ0v) is 12.9. The summed E-state index contributed by atoms with van der Waals surface area (Å²) in [7, 11) is -3.73. The summed E-state index contributed by atoms with van der Waals surface area (Å²) in [6.07, 6.45) is 1.06. The van der Waals surface area contributed by atoms with Crippen LogP contribution in [-0.4, -0.2) is 36.9 Å². The van der Waals surface area contributed by atoms with Gasteiger partial charge in [-0.15, -0.1) is 0 Å². The van der Waals surface area contributed by atoms with E-state index in [0.717, 1.165) is 0 Å². The van der Waals surface area contributed by atoms with Crippen molar-refractivity contribution in [1.82, 2.24) is 9.03 Å². The van der Waals surface area contributed by atoms with Crippen LogP contribution in [0.4, 0.5) is 0 Å². The summed E-state index contributed by atoms with van der Waals surface area (Å²) in [6, 6.07) is 2.98. The molecule has 2 heterocycles. The van der Waals surface area contributed by atoms with Crippen molar-refractivity contribution in [2.24, 2.45) is 5.92 Å². The standard InChI is InChI=1S/C13H20N2O5S/c1-9-5-6-12(20-9)10(2)14-21(18,19)15-7-3-4-11(8-15)13(16)17/h5-6,10-11,14H,3-4,7-8H2,1-2H3,(H,16,17). The smallest absolute Gasteiger partial charge is 0.307 e. The number of carboxylic acids is 1. The largest absolute Gasteiger partial charge is 0.481 e. The fourth-order valence-electron chi connectivity index (χ4n) is 2.40. The van der Waals surface area contributed by atoms with E-state index in [0.29, 0.717) is 30.9 Å². The zero-order valence-electron chi connectivity index (χ0n) is 12.1. The molecule has 1 aromatic rings. The number of hydrogen-bond donors (Lipinski definition) is 2. The number of carbonyl (C=O) groups is 1. The van der Waals surface area contributed by atoms with Crippen molar-refractivity contribution in [3.8, 4) is 0 Å². The van der Waals surface area contributed by atoms with Crippen molar-refractivity contribution >= 4 is 16.2 Å². The van der Waals surface area contributed by atoms with E-state index in [1.165, 1.54) is 4.31 Å². The molecule has 2 rings (SSSR count). The summed E-state index contributed by atoms with van der Waals surface area (Å²) in [5.41, 5.74) is 0. The molecule has 0 amide bonds. The fraction of sp³-hybridized carbons (Fsp3) is 0.615. The molecule has 2 N–H and O–H groups in total. The highest BCUT2D eigenvalue weighted by Crippen LogP contribution is 2.21. The van der Waals surface area contributed by atoms with Crippen LogP contribution in [0.5, 0.6) is 0 Å². The third-order valence-corrected chi connectivity index (χ3v) is 5.25. The highest BCUT2D eigenvalue weighted by atomic mass is 32.2. The van der Waals surface area contributed by atoms with Crippen LogP contribution in [0.1, 0.15) is 37.3 Å². The molecule has 21 heavy (non-hydrogen) atoms. The number of furan rings is 1. The van der Waals surface area contributed by atoms with Crippen molar-refractivity contribution in [1.29, 1.82) is 0 Å². The minimum atomic E-state index is -3.73. The molecule has 1 aliphatic heterocycles. The number of piperidine rings is 1. The van der Waals surface area contributed by atoms with E-state index in [1.807, 2.05) is 0 Å². The van der Waals surface area contributed by atoms with Crippen LogP contribution >= 0.6 is 0 Å². The predicted octanol–water partition coefficient (Wildman–Crippen LogP) is 1.28. The van der Waals surface area contributed by atoms with Gasteiger partial charge in [-0.1, -0.05) is 0 Å². The van der Waals surface area contributed by atoms with Gasteiger partial charge in [-0.3, -0.25) is 4.79 Å². The second-order valence-corrected chi connectivity index (χ2v) is 7.03. The molecule has 8 heteroatoms. The highest BCUT2D eigenvalue weighted by Gasteiger charge is 2.33. The van der Waals surface area contributed by atoms with Crippen LogP contribution in [0, 0.1) is 12.8 Å². The van der Waals surface area contributed by atoms with Crippen LogP contribution in [0.25, 0.3) is 0 Å². The third kappa shape index (κ3) is 3.84. The Balaban J connectivity index is 2.05. The summed E-state index contributed by atoms with van der Waals surface area (Å²) in [5, 5.41) is 9.03. The molecule has 0 aromatic carbocycles. The molecular weight excluding hydrogens is 296 g/mol. The molecule has 1 saturated heterocycles. The van der Waals surface area contributed by atoms with Crippen molar-refractivity contribution in [3.05, 3.63) is 23.7 Å². The quantitative estimate of drug-likeness (QED) is 0.852. The molecule has 0 bridgehead atoms. The molecule has 0 spiro atoms. The van der Waals surface area contributed by atoms with E-state index in [-0.39, 0.29) is 6.54 Å². The number of nitrogens with zero attached hydrogens (tertiary/aromatic N) is 1.